The first-order valence-electron chi connectivity index (χ1n) is 7.95. The number of carboxylic acids is 2. The molecule has 0 aliphatic rings. The number of aliphatic carboxylic acids is 2. The highest BCUT2D eigenvalue weighted by atomic mass is 16.4. The second-order valence-electron chi connectivity index (χ2n) is 5.57. The van der Waals surface area contributed by atoms with Crippen LogP contribution in [0.2, 0.25) is 0 Å². The minimum atomic E-state index is -1.62. The van der Waals surface area contributed by atoms with Gasteiger partial charge in [0.2, 0.25) is 23.6 Å². The van der Waals surface area contributed by atoms with Crippen molar-refractivity contribution in [3.63, 3.8) is 0 Å². The number of amides is 4. The quantitative estimate of drug-likeness (QED) is 0.145. The van der Waals surface area contributed by atoms with E-state index >= 15 is 0 Å². The number of carboxylic acid groups (broad SMARTS) is 2. The zero-order valence-electron chi connectivity index (χ0n) is 14.7. The van der Waals surface area contributed by atoms with Crippen molar-refractivity contribution in [1.82, 2.24) is 16.0 Å². The Morgan fingerprint density at radius 1 is 0.857 bits per heavy atom. The van der Waals surface area contributed by atoms with E-state index in [2.05, 4.69) is 10.6 Å². The van der Waals surface area contributed by atoms with Crippen LogP contribution in [-0.4, -0.2) is 82.2 Å². The predicted molar refractivity (Wildman–Crippen MR) is 90.2 cm³/mol. The highest BCUT2D eigenvalue weighted by Crippen LogP contribution is 2.01. The van der Waals surface area contributed by atoms with Gasteiger partial charge in [-0.05, 0) is 6.42 Å². The van der Waals surface area contributed by atoms with E-state index in [0.717, 1.165) is 0 Å². The third-order valence-corrected chi connectivity index (χ3v) is 3.32. The number of nitrogens with one attached hydrogen (secondary N) is 3. The number of hydrogen-bond acceptors (Lipinski definition) is 8. The normalized spacial score (nSPS) is 13.5. The van der Waals surface area contributed by atoms with Crippen molar-refractivity contribution in [2.75, 3.05) is 13.2 Å². The summed E-state index contributed by atoms with van der Waals surface area (Å²) in [6, 6.07) is -4.71. The van der Waals surface area contributed by atoms with Crippen LogP contribution < -0.4 is 27.4 Å². The highest BCUT2D eigenvalue weighted by Gasteiger charge is 2.30. The van der Waals surface area contributed by atoms with Crippen molar-refractivity contribution >= 4 is 35.6 Å². The standard InChI is InChI=1S/C14H23N5O9/c15-4-10(22)17-8(5-20)13(26)19-7(3-9(16)21)12(25)18-6(14(27)28)1-2-11(23)24/h6-8,20H,1-5,15H2,(H2,16,21)(H,17,22)(H,18,25)(H,19,26)(H,23,24)(H,27,28). The fourth-order valence-corrected chi connectivity index (χ4v) is 1.93. The van der Waals surface area contributed by atoms with Gasteiger partial charge in [-0.25, -0.2) is 4.79 Å². The topological polar surface area (TPSA) is 251 Å². The van der Waals surface area contributed by atoms with Crippen molar-refractivity contribution < 1.29 is 44.1 Å². The molecular weight excluding hydrogens is 382 g/mol. The zero-order chi connectivity index (χ0) is 21.9. The molecule has 0 aliphatic heterocycles. The number of rotatable bonds is 13. The molecule has 3 atom stereocenters. The summed E-state index contributed by atoms with van der Waals surface area (Å²) in [7, 11) is 0. The largest absolute Gasteiger partial charge is 0.481 e. The number of aliphatic hydroxyl groups excluding tert-OH is 1. The lowest BCUT2D eigenvalue weighted by Gasteiger charge is -2.23. The van der Waals surface area contributed by atoms with Crippen LogP contribution in [0.1, 0.15) is 19.3 Å². The van der Waals surface area contributed by atoms with Gasteiger partial charge in [0.15, 0.2) is 0 Å². The SMILES string of the molecule is NCC(=O)NC(CO)C(=O)NC(CC(N)=O)C(=O)NC(CCC(=O)O)C(=O)O. The van der Waals surface area contributed by atoms with Crippen LogP contribution in [0.5, 0.6) is 0 Å². The lowest BCUT2D eigenvalue weighted by molar-refractivity contribution is -0.143. The lowest BCUT2D eigenvalue weighted by atomic mass is 10.1. The van der Waals surface area contributed by atoms with Crippen molar-refractivity contribution in [2.45, 2.75) is 37.4 Å². The molecule has 158 valence electrons. The molecule has 10 N–H and O–H groups in total. The minimum Gasteiger partial charge on any atom is -0.481 e. The van der Waals surface area contributed by atoms with E-state index in [-0.39, 0.29) is 0 Å². The lowest BCUT2D eigenvalue weighted by Crippen LogP contribution is -2.57. The Morgan fingerprint density at radius 3 is 1.82 bits per heavy atom. The molecule has 0 heterocycles. The Hall–Kier alpha value is -3.26. The van der Waals surface area contributed by atoms with Crippen molar-refractivity contribution in [1.29, 1.82) is 0 Å². The van der Waals surface area contributed by atoms with E-state index in [0.29, 0.717) is 0 Å². The Morgan fingerprint density at radius 2 is 1.39 bits per heavy atom. The van der Waals surface area contributed by atoms with Crippen molar-refractivity contribution in [2.24, 2.45) is 11.5 Å². The molecule has 14 nitrogen and oxygen atoms in total. The van der Waals surface area contributed by atoms with Gasteiger partial charge >= 0.3 is 11.9 Å². The average molecular weight is 405 g/mol. The fourth-order valence-electron chi connectivity index (χ4n) is 1.93. The van der Waals surface area contributed by atoms with Gasteiger partial charge in [-0.15, -0.1) is 0 Å². The molecule has 0 rings (SSSR count). The smallest absolute Gasteiger partial charge is 0.326 e. The van der Waals surface area contributed by atoms with Crippen LogP contribution in [0, 0.1) is 0 Å². The van der Waals surface area contributed by atoms with E-state index in [1.807, 2.05) is 5.32 Å². The highest BCUT2D eigenvalue weighted by molar-refractivity contribution is 5.95. The number of aliphatic hydroxyl groups is 1. The second kappa shape index (κ2) is 12.2. The van der Waals surface area contributed by atoms with Crippen LogP contribution in [0.25, 0.3) is 0 Å². The summed E-state index contributed by atoms with van der Waals surface area (Å²) in [4.78, 5) is 68.5. The van der Waals surface area contributed by atoms with Crippen LogP contribution >= 0.6 is 0 Å². The van der Waals surface area contributed by atoms with E-state index in [1.165, 1.54) is 0 Å². The van der Waals surface area contributed by atoms with Crippen molar-refractivity contribution in [3.8, 4) is 0 Å². The molecular formula is C14H23N5O9. The van der Waals surface area contributed by atoms with Crippen LogP contribution in [0.3, 0.4) is 0 Å². The molecule has 0 aromatic carbocycles. The molecule has 0 saturated heterocycles. The summed E-state index contributed by atoms with van der Waals surface area (Å²) in [6.07, 6.45) is -1.72. The first-order valence-corrected chi connectivity index (χ1v) is 7.95. The van der Waals surface area contributed by atoms with Gasteiger partial charge in [-0.1, -0.05) is 0 Å². The Balaban J connectivity index is 5.21. The molecule has 0 saturated carbocycles. The van der Waals surface area contributed by atoms with Gasteiger partial charge in [-0.2, -0.15) is 0 Å². The van der Waals surface area contributed by atoms with E-state index < -0.39 is 86.1 Å². The average Bonchev–Trinajstić information content (AvgIpc) is 2.60. The number of carbonyl (C=O) groups excluding carboxylic acids is 4. The van der Waals surface area contributed by atoms with Crippen molar-refractivity contribution in [3.05, 3.63) is 0 Å². The third-order valence-electron chi connectivity index (χ3n) is 3.32. The summed E-state index contributed by atoms with van der Waals surface area (Å²) >= 11 is 0. The maximum Gasteiger partial charge on any atom is 0.326 e. The van der Waals surface area contributed by atoms with Crippen LogP contribution in [0.15, 0.2) is 0 Å². The zero-order valence-corrected chi connectivity index (χ0v) is 14.7. The van der Waals surface area contributed by atoms with E-state index in [9.17, 15) is 33.9 Å². The summed E-state index contributed by atoms with van der Waals surface area (Å²) in [6.45, 7) is -1.32. The molecule has 4 amide bonds. The second-order valence-corrected chi connectivity index (χ2v) is 5.57. The molecule has 0 spiro atoms. The van der Waals surface area contributed by atoms with Crippen LogP contribution in [-0.2, 0) is 28.8 Å². The maximum atomic E-state index is 12.2. The number of nitrogens with two attached hydrogens (primary N) is 2. The van der Waals surface area contributed by atoms with Gasteiger partial charge < -0.3 is 42.7 Å². The van der Waals surface area contributed by atoms with E-state index in [1.54, 1.807) is 0 Å². The summed E-state index contributed by atoms with van der Waals surface area (Å²) in [5.41, 5.74) is 10.1. The molecule has 0 radical (unpaired) electrons. The number of carbonyl (C=O) groups is 6. The Labute approximate surface area is 158 Å². The summed E-state index contributed by atoms with van der Waals surface area (Å²) < 4.78 is 0. The van der Waals surface area contributed by atoms with Gasteiger partial charge in [0, 0.05) is 6.42 Å². The Kier molecular flexibility index (Phi) is 10.8. The predicted octanol–water partition coefficient (Wildman–Crippen LogP) is -4.78. The molecule has 0 bridgehead atoms. The fraction of sp³-hybridized carbons (Fsp3) is 0.571. The number of primary amides is 1. The van der Waals surface area contributed by atoms with Gasteiger partial charge in [0.1, 0.15) is 18.1 Å². The molecule has 28 heavy (non-hydrogen) atoms. The minimum absolute atomic E-state index is 0.445. The van der Waals surface area contributed by atoms with Gasteiger partial charge in [-0.3, -0.25) is 24.0 Å². The molecule has 3 unspecified atom stereocenters. The monoisotopic (exact) mass is 405 g/mol. The first kappa shape index (κ1) is 24.7. The molecule has 0 aromatic rings. The van der Waals surface area contributed by atoms with Gasteiger partial charge in [0.25, 0.3) is 0 Å². The summed E-state index contributed by atoms with van der Waals surface area (Å²) in [5, 5.41) is 33.0. The summed E-state index contributed by atoms with van der Waals surface area (Å²) in [5.74, 6) is -6.77. The molecule has 0 aromatic heterocycles. The van der Waals surface area contributed by atoms with Gasteiger partial charge in [0.05, 0.1) is 19.6 Å². The molecule has 0 aliphatic carbocycles. The Bertz CT molecular complexity index is 624. The van der Waals surface area contributed by atoms with Crippen LogP contribution in [0.4, 0.5) is 0 Å². The first-order chi connectivity index (χ1) is 13.0. The molecule has 14 heteroatoms. The van der Waals surface area contributed by atoms with E-state index in [4.69, 9.17) is 21.7 Å². The number of hydrogen-bond donors (Lipinski definition) is 8. The third kappa shape index (κ3) is 9.44. The maximum absolute atomic E-state index is 12.2. The molecule has 0 fully saturated rings.